The molecule has 1 aromatic heterocycles. The molecule has 3 rings (SSSR count). The van der Waals surface area contributed by atoms with Crippen molar-refractivity contribution in [1.29, 1.82) is 0 Å². The Morgan fingerprint density at radius 3 is 2.57 bits per heavy atom. The first-order valence-electron chi connectivity index (χ1n) is 11.5. The van der Waals surface area contributed by atoms with E-state index < -0.39 is 48.4 Å². The second-order valence-electron chi connectivity index (χ2n) is 9.37. The molecule has 2 amide bonds. The number of thiazole rings is 1. The zero-order chi connectivity index (χ0) is 25.6. The third-order valence-electron chi connectivity index (χ3n) is 5.44. The Morgan fingerprint density at radius 1 is 1.20 bits per heavy atom. The van der Waals surface area contributed by atoms with Crippen molar-refractivity contribution < 1.29 is 28.3 Å². The fourth-order valence-corrected chi connectivity index (χ4v) is 4.64. The number of hydrogen-bond acceptors (Lipinski definition) is 7. The predicted octanol–water partition coefficient (Wildman–Crippen LogP) is 3.56. The summed E-state index contributed by atoms with van der Waals surface area (Å²) in [5, 5.41) is 4.83. The summed E-state index contributed by atoms with van der Waals surface area (Å²) in [4.78, 5) is 56.6. The minimum atomic E-state index is -1.37. The summed E-state index contributed by atoms with van der Waals surface area (Å²) < 4.78 is 18.4. The average molecular weight is 504 g/mol. The van der Waals surface area contributed by atoms with E-state index in [0.717, 1.165) is 12.0 Å². The topological polar surface area (TPSA) is 106 Å². The van der Waals surface area contributed by atoms with Gasteiger partial charge >= 0.3 is 5.97 Å². The maximum atomic E-state index is 13.3. The van der Waals surface area contributed by atoms with Crippen molar-refractivity contribution in [3.05, 3.63) is 41.4 Å². The molecule has 0 spiro atoms. The summed E-state index contributed by atoms with van der Waals surface area (Å²) in [6.45, 7) is 4.03. The number of esters is 1. The molecule has 188 valence electrons. The van der Waals surface area contributed by atoms with Gasteiger partial charge in [0.15, 0.2) is 5.78 Å². The van der Waals surface area contributed by atoms with Crippen molar-refractivity contribution in [3.8, 4) is 10.6 Å². The number of carbonyl (C=O) groups excluding carboxylic acids is 4. The molecule has 2 heterocycles. The molecular weight excluding hydrogens is 473 g/mol. The molecule has 2 atom stereocenters. The molecular formula is C25H30FN3O5S. The Hall–Kier alpha value is -3.14. The molecule has 35 heavy (non-hydrogen) atoms. The standard InChI is InChI=1S/C25H30FN3O5S/c1-25(2,3)34-21(31)13-17(20(30)14-26)27-22(32)19-11-7-8-12-29(19)24(33)18-15-35-23(28-18)16-9-5-4-6-10-16/h4-6,9-10,15,17,19H,7-8,11-14H2,1-3H3,(H,27,32)/t17-,19-/m0/s1. The van der Waals surface area contributed by atoms with Gasteiger partial charge in [0, 0.05) is 17.5 Å². The molecule has 1 aliphatic heterocycles. The monoisotopic (exact) mass is 503 g/mol. The largest absolute Gasteiger partial charge is 0.460 e. The maximum absolute atomic E-state index is 13.3. The van der Waals surface area contributed by atoms with Crippen LogP contribution in [0.4, 0.5) is 4.39 Å². The van der Waals surface area contributed by atoms with Gasteiger partial charge in [0.1, 0.15) is 35.1 Å². The predicted molar refractivity (Wildman–Crippen MR) is 130 cm³/mol. The Balaban J connectivity index is 1.73. The number of aromatic nitrogens is 1. The zero-order valence-corrected chi connectivity index (χ0v) is 20.9. The van der Waals surface area contributed by atoms with E-state index in [4.69, 9.17) is 4.74 Å². The third kappa shape index (κ3) is 7.17. The number of ether oxygens (including phenoxy) is 1. The Morgan fingerprint density at radius 2 is 1.91 bits per heavy atom. The van der Waals surface area contributed by atoms with Crippen LogP contribution in [0.2, 0.25) is 0 Å². The average Bonchev–Trinajstić information content (AvgIpc) is 3.32. The van der Waals surface area contributed by atoms with Gasteiger partial charge in [-0.2, -0.15) is 0 Å². The van der Waals surface area contributed by atoms with Crippen LogP contribution >= 0.6 is 11.3 Å². The fourth-order valence-electron chi connectivity index (χ4n) is 3.84. The van der Waals surface area contributed by atoms with E-state index >= 15 is 0 Å². The van der Waals surface area contributed by atoms with E-state index in [1.807, 2.05) is 30.3 Å². The molecule has 2 aromatic rings. The van der Waals surface area contributed by atoms with Gasteiger partial charge in [-0.05, 0) is 40.0 Å². The number of ketones is 1. The summed E-state index contributed by atoms with van der Waals surface area (Å²) in [7, 11) is 0. The van der Waals surface area contributed by atoms with Crippen LogP contribution in [0.25, 0.3) is 10.6 Å². The van der Waals surface area contributed by atoms with Crippen molar-refractivity contribution in [2.75, 3.05) is 13.2 Å². The van der Waals surface area contributed by atoms with E-state index in [-0.39, 0.29) is 11.6 Å². The number of halogens is 1. The Bertz CT molecular complexity index is 1070. The van der Waals surface area contributed by atoms with Gasteiger partial charge in [-0.25, -0.2) is 9.37 Å². The quantitative estimate of drug-likeness (QED) is 0.552. The molecule has 0 saturated carbocycles. The van der Waals surface area contributed by atoms with E-state index in [1.54, 1.807) is 26.2 Å². The van der Waals surface area contributed by atoms with Gasteiger partial charge in [0.25, 0.3) is 5.91 Å². The number of rotatable bonds is 8. The second kappa shape index (κ2) is 11.5. The molecule has 0 bridgehead atoms. The molecule has 1 fully saturated rings. The van der Waals surface area contributed by atoms with Crippen molar-refractivity contribution in [2.24, 2.45) is 0 Å². The molecule has 1 saturated heterocycles. The van der Waals surface area contributed by atoms with Crippen LogP contribution in [0, 0.1) is 0 Å². The highest BCUT2D eigenvalue weighted by Crippen LogP contribution is 2.26. The molecule has 10 heteroatoms. The van der Waals surface area contributed by atoms with Crippen LogP contribution in [-0.4, -0.2) is 64.4 Å². The van der Waals surface area contributed by atoms with Gasteiger partial charge < -0.3 is 15.0 Å². The maximum Gasteiger partial charge on any atom is 0.308 e. The van der Waals surface area contributed by atoms with Gasteiger partial charge in [-0.3, -0.25) is 19.2 Å². The van der Waals surface area contributed by atoms with E-state index in [2.05, 4.69) is 10.3 Å². The van der Waals surface area contributed by atoms with E-state index in [9.17, 15) is 23.6 Å². The molecule has 8 nitrogen and oxygen atoms in total. The van der Waals surface area contributed by atoms with Crippen LogP contribution in [0.5, 0.6) is 0 Å². The number of likely N-dealkylation sites (tertiary alicyclic amines) is 1. The molecule has 1 aliphatic rings. The Labute approximate surface area is 207 Å². The van der Waals surface area contributed by atoms with Crippen LogP contribution in [-0.2, 0) is 19.1 Å². The van der Waals surface area contributed by atoms with Crippen molar-refractivity contribution in [1.82, 2.24) is 15.2 Å². The Kier molecular flexibility index (Phi) is 8.71. The smallest absolute Gasteiger partial charge is 0.308 e. The van der Waals surface area contributed by atoms with Crippen molar-refractivity contribution in [3.63, 3.8) is 0 Å². The SMILES string of the molecule is CC(C)(C)OC(=O)C[C@H](NC(=O)[C@@H]1CCCCN1C(=O)c1csc(-c2ccccc2)n1)C(=O)CF. The number of carbonyl (C=O) groups is 4. The summed E-state index contributed by atoms with van der Waals surface area (Å²) >= 11 is 1.34. The summed E-state index contributed by atoms with van der Waals surface area (Å²) in [6.07, 6.45) is 1.33. The highest BCUT2D eigenvalue weighted by atomic mass is 32.1. The van der Waals surface area contributed by atoms with Crippen LogP contribution < -0.4 is 5.32 Å². The number of nitrogens with one attached hydrogen (secondary N) is 1. The lowest BCUT2D eigenvalue weighted by Gasteiger charge is -2.35. The lowest BCUT2D eigenvalue weighted by atomic mass is 9.99. The van der Waals surface area contributed by atoms with Crippen molar-refractivity contribution >= 4 is 34.9 Å². The number of benzene rings is 1. The van der Waals surface area contributed by atoms with Crippen LogP contribution in [0.1, 0.15) is 56.9 Å². The number of piperidine rings is 1. The fraction of sp³-hybridized carbons (Fsp3) is 0.480. The second-order valence-corrected chi connectivity index (χ2v) is 10.2. The van der Waals surface area contributed by atoms with Gasteiger partial charge in [-0.15, -0.1) is 11.3 Å². The summed E-state index contributed by atoms with van der Waals surface area (Å²) in [5.41, 5.74) is 0.334. The first kappa shape index (κ1) is 26.5. The molecule has 0 aliphatic carbocycles. The minimum absolute atomic E-state index is 0.235. The normalized spacial score (nSPS) is 16.9. The number of Topliss-reactive ketones (excluding diaryl/α,β-unsaturated/α-hetero) is 1. The van der Waals surface area contributed by atoms with Gasteiger partial charge in [-0.1, -0.05) is 30.3 Å². The first-order chi connectivity index (χ1) is 16.6. The number of nitrogens with zero attached hydrogens (tertiary/aromatic N) is 2. The third-order valence-corrected chi connectivity index (χ3v) is 6.33. The van der Waals surface area contributed by atoms with E-state index in [1.165, 1.54) is 16.2 Å². The highest BCUT2D eigenvalue weighted by Gasteiger charge is 2.36. The number of alkyl halides is 1. The molecule has 1 aromatic carbocycles. The lowest BCUT2D eigenvalue weighted by molar-refractivity contribution is -0.156. The molecule has 0 unspecified atom stereocenters. The van der Waals surface area contributed by atoms with Crippen molar-refractivity contribution in [2.45, 2.75) is 64.1 Å². The van der Waals surface area contributed by atoms with Gasteiger partial charge in [0.05, 0.1) is 6.42 Å². The highest BCUT2D eigenvalue weighted by molar-refractivity contribution is 7.13. The van der Waals surface area contributed by atoms with Crippen LogP contribution in [0.15, 0.2) is 35.7 Å². The minimum Gasteiger partial charge on any atom is -0.460 e. The zero-order valence-electron chi connectivity index (χ0n) is 20.1. The van der Waals surface area contributed by atoms with Gasteiger partial charge in [0.2, 0.25) is 5.91 Å². The summed E-state index contributed by atoms with van der Waals surface area (Å²) in [6, 6.07) is 7.24. The van der Waals surface area contributed by atoms with E-state index in [0.29, 0.717) is 24.4 Å². The number of amides is 2. The lowest BCUT2D eigenvalue weighted by Crippen LogP contribution is -2.55. The number of hydrogen-bond donors (Lipinski definition) is 1. The molecule has 0 radical (unpaired) electrons. The first-order valence-corrected chi connectivity index (χ1v) is 12.4. The summed E-state index contributed by atoms with van der Waals surface area (Å²) in [5.74, 6) is -2.64. The molecule has 1 N–H and O–H groups in total. The van der Waals surface area contributed by atoms with Crippen LogP contribution in [0.3, 0.4) is 0 Å².